The van der Waals surface area contributed by atoms with Crippen molar-refractivity contribution >= 4 is 33.4 Å². The van der Waals surface area contributed by atoms with E-state index in [1.807, 2.05) is 25.9 Å². The minimum absolute atomic E-state index is 0.0487. The van der Waals surface area contributed by atoms with Crippen LogP contribution in [-0.2, 0) is 0 Å². The van der Waals surface area contributed by atoms with E-state index in [2.05, 4.69) is 26.2 Å². The van der Waals surface area contributed by atoms with Gasteiger partial charge < -0.3 is 10.2 Å². The summed E-state index contributed by atoms with van der Waals surface area (Å²) in [5.41, 5.74) is 0.381. The largest absolute Gasteiger partial charge is 0.348 e. The molecule has 0 fully saturated rings. The predicted octanol–water partition coefficient (Wildman–Crippen LogP) is 2.18. The van der Waals surface area contributed by atoms with Crippen LogP contribution in [0.2, 0.25) is 5.15 Å². The molecule has 1 rings (SSSR count). The number of carbonyl (C=O) groups excluding carboxylic acids is 1. The van der Waals surface area contributed by atoms with E-state index < -0.39 is 0 Å². The first-order valence-electron chi connectivity index (χ1n) is 5.16. The van der Waals surface area contributed by atoms with E-state index in [1.165, 1.54) is 0 Å². The maximum Gasteiger partial charge on any atom is 0.254 e. The summed E-state index contributed by atoms with van der Waals surface area (Å²) in [7, 11) is 3.91. The average molecular weight is 321 g/mol. The van der Waals surface area contributed by atoms with Gasteiger partial charge in [-0.15, -0.1) is 0 Å². The minimum atomic E-state index is -0.210. The molecule has 0 aliphatic rings. The molecule has 1 heterocycles. The fraction of sp³-hybridized carbons (Fsp3) is 0.455. The monoisotopic (exact) mass is 319 g/mol. The van der Waals surface area contributed by atoms with E-state index in [0.717, 1.165) is 11.0 Å². The number of hydrogen-bond donors (Lipinski definition) is 1. The normalized spacial score (nSPS) is 12.6. The highest BCUT2D eigenvalue weighted by molar-refractivity contribution is 9.10. The Balaban J connectivity index is 2.73. The maximum atomic E-state index is 11.9. The second kappa shape index (κ2) is 6.33. The molecule has 1 amide bonds. The summed E-state index contributed by atoms with van der Waals surface area (Å²) in [4.78, 5) is 17.9. The van der Waals surface area contributed by atoms with Crippen molar-refractivity contribution in [1.82, 2.24) is 15.2 Å². The van der Waals surface area contributed by atoms with Crippen LogP contribution < -0.4 is 5.32 Å². The molecule has 0 aromatic carbocycles. The molecule has 0 spiro atoms. The molecule has 6 heteroatoms. The second-order valence-electron chi connectivity index (χ2n) is 4.13. The Hall–Kier alpha value is -0.650. The van der Waals surface area contributed by atoms with Crippen molar-refractivity contribution in [2.45, 2.75) is 13.0 Å². The Morgan fingerprint density at radius 1 is 1.65 bits per heavy atom. The number of aromatic nitrogens is 1. The molecule has 1 aromatic heterocycles. The number of nitrogens with zero attached hydrogens (tertiary/aromatic N) is 2. The third-order valence-corrected chi connectivity index (χ3v) is 2.80. The number of carbonyl (C=O) groups is 1. The molecular weight excluding hydrogens is 305 g/mol. The molecule has 94 valence electrons. The number of hydrogen-bond acceptors (Lipinski definition) is 3. The topological polar surface area (TPSA) is 45.2 Å². The van der Waals surface area contributed by atoms with E-state index >= 15 is 0 Å². The summed E-state index contributed by atoms with van der Waals surface area (Å²) >= 11 is 9.14. The Kier molecular flexibility index (Phi) is 5.36. The summed E-state index contributed by atoms with van der Waals surface area (Å²) in [5.74, 6) is -0.210. The molecule has 1 N–H and O–H groups in total. The standard InChI is InChI=1S/C11H15BrClN3O/c1-7(6-16(2)3)15-11(17)9-4-8(12)5-14-10(9)13/h4-5,7H,6H2,1-3H3,(H,15,17). The molecule has 4 nitrogen and oxygen atoms in total. The van der Waals surface area contributed by atoms with Gasteiger partial charge >= 0.3 is 0 Å². The van der Waals surface area contributed by atoms with Gasteiger partial charge in [-0.1, -0.05) is 11.6 Å². The van der Waals surface area contributed by atoms with Gasteiger partial charge in [-0.25, -0.2) is 4.98 Å². The van der Waals surface area contributed by atoms with Crippen LogP contribution in [0, 0.1) is 0 Å². The first-order chi connectivity index (χ1) is 7.90. The third kappa shape index (κ3) is 4.61. The van der Waals surface area contributed by atoms with Gasteiger partial charge in [0.25, 0.3) is 5.91 Å². The van der Waals surface area contributed by atoms with E-state index in [1.54, 1.807) is 12.3 Å². The summed E-state index contributed by atoms with van der Waals surface area (Å²) < 4.78 is 0.729. The van der Waals surface area contributed by atoms with Crippen LogP contribution in [-0.4, -0.2) is 42.5 Å². The van der Waals surface area contributed by atoms with Crippen molar-refractivity contribution in [1.29, 1.82) is 0 Å². The van der Waals surface area contributed by atoms with Gasteiger partial charge in [0.2, 0.25) is 0 Å². The number of rotatable bonds is 4. The Morgan fingerprint density at radius 3 is 2.88 bits per heavy atom. The summed E-state index contributed by atoms with van der Waals surface area (Å²) in [6, 6.07) is 1.71. The molecule has 0 saturated carbocycles. The molecule has 0 radical (unpaired) electrons. The number of pyridine rings is 1. The van der Waals surface area contributed by atoms with Crippen molar-refractivity contribution in [2.75, 3.05) is 20.6 Å². The second-order valence-corrected chi connectivity index (χ2v) is 5.40. The van der Waals surface area contributed by atoms with E-state index in [4.69, 9.17) is 11.6 Å². The van der Waals surface area contributed by atoms with Gasteiger partial charge in [-0.3, -0.25) is 4.79 Å². The third-order valence-electron chi connectivity index (χ3n) is 2.07. The smallest absolute Gasteiger partial charge is 0.254 e. The quantitative estimate of drug-likeness (QED) is 0.865. The lowest BCUT2D eigenvalue weighted by molar-refractivity contribution is 0.0934. The van der Waals surface area contributed by atoms with E-state index in [0.29, 0.717) is 5.56 Å². The highest BCUT2D eigenvalue weighted by atomic mass is 79.9. The van der Waals surface area contributed by atoms with E-state index in [-0.39, 0.29) is 17.1 Å². The molecule has 1 unspecified atom stereocenters. The first-order valence-corrected chi connectivity index (χ1v) is 6.34. The van der Waals surface area contributed by atoms with Gasteiger partial charge in [-0.05, 0) is 43.0 Å². The van der Waals surface area contributed by atoms with Crippen molar-refractivity contribution < 1.29 is 4.79 Å². The minimum Gasteiger partial charge on any atom is -0.348 e. The van der Waals surface area contributed by atoms with Gasteiger partial charge in [0.05, 0.1) is 5.56 Å². The van der Waals surface area contributed by atoms with Crippen LogP contribution >= 0.6 is 27.5 Å². The lowest BCUT2D eigenvalue weighted by Gasteiger charge is -2.18. The Morgan fingerprint density at radius 2 is 2.29 bits per heavy atom. The summed E-state index contributed by atoms with van der Waals surface area (Å²) in [5, 5.41) is 3.08. The van der Waals surface area contributed by atoms with Gasteiger partial charge in [0.15, 0.2) is 0 Å². The number of nitrogens with one attached hydrogen (secondary N) is 1. The SMILES string of the molecule is CC(CN(C)C)NC(=O)c1cc(Br)cnc1Cl. The Bertz CT molecular complexity index is 412. The molecule has 1 aromatic rings. The summed E-state index contributed by atoms with van der Waals surface area (Å²) in [6.07, 6.45) is 1.56. The van der Waals surface area contributed by atoms with Crippen LogP contribution in [0.4, 0.5) is 0 Å². The zero-order valence-electron chi connectivity index (χ0n) is 10.00. The predicted molar refractivity (Wildman–Crippen MR) is 72.4 cm³/mol. The van der Waals surface area contributed by atoms with Gasteiger partial charge in [0.1, 0.15) is 5.15 Å². The molecular formula is C11H15BrClN3O. The van der Waals surface area contributed by atoms with Crippen LogP contribution in [0.1, 0.15) is 17.3 Å². The zero-order valence-corrected chi connectivity index (χ0v) is 12.3. The first kappa shape index (κ1) is 14.4. The summed E-state index contributed by atoms with van der Waals surface area (Å²) in [6.45, 7) is 2.71. The number of likely N-dealkylation sites (N-methyl/N-ethyl adjacent to an activating group) is 1. The molecule has 1 atom stereocenters. The lowest BCUT2D eigenvalue weighted by atomic mass is 10.2. The molecule has 0 aliphatic heterocycles. The highest BCUT2D eigenvalue weighted by Crippen LogP contribution is 2.17. The van der Waals surface area contributed by atoms with Crippen molar-refractivity contribution in [2.24, 2.45) is 0 Å². The fourth-order valence-corrected chi connectivity index (χ4v) is 2.00. The molecule has 0 saturated heterocycles. The van der Waals surface area contributed by atoms with Crippen molar-refractivity contribution in [3.8, 4) is 0 Å². The highest BCUT2D eigenvalue weighted by Gasteiger charge is 2.14. The van der Waals surface area contributed by atoms with Crippen LogP contribution in [0.15, 0.2) is 16.7 Å². The Labute approximate surface area is 114 Å². The van der Waals surface area contributed by atoms with Gasteiger partial charge in [0, 0.05) is 23.3 Å². The molecule has 17 heavy (non-hydrogen) atoms. The lowest BCUT2D eigenvalue weighted by Crippen LogP contribution is -2.39. The fourth-order valence-electron chi connectivity index (χ4n) is 1.48. The van der Waals surface area contributed by atoms with Crippen LogP contribution in [0.5, 0.6) is 0 Å². The zero-order chi connectivity index (χ0) is 13.0. The molecule has 0 aliphatic carbocycles. The maximum absolute atomic E-state index is 11.9. The number of amides is 1. The van der Waals surface area contributed by atoms with Crippen LogP contribution in [0.3, 0.4) is 0 Å². The number of halogens is 2. The van der Waals surface area contributed by atoms with Crippen molar-refractivity contribution in [3.05, 3.63) is 27.5 Å². The van der Waals surface area contributed by atoms with E-state index in [9.17, 15) is 4.79 Å². The molecule has 0 bridgehead atoms. The van der Waals surface area contributed by atoms with Crippen LogP contribution in [0.25, 0.3) is 0 Å². The average Bonchev–Trinajstić information content (AvgIpc) is 2.20. The van der Waals surface area contributed by atoms with Gasteiger partial charge in [-0.2, -0.15) is 0 Å². The van der Waals surface area contributed by atoms with Crippen molar-refractivity contribution in [3.63, 3.8) is 0 Å².